The van der Waals surface area contributed by atoms with Crippen LogP contribution in [0.4, 0.5) is 5.69 Å². The number of fused-ring (bicyclic) bond motifs is 1. The summed E-state index contributed by atoms with van der Waals surface area (Å²) in [6, 6.07) is 5.88. The number of nitrogens with one attached hydrogen (secondary N) is 1. The van der Waals surface area contributed by atoms with Gasteiger partial charge in [-0.1, -0.05) is 34.5 Å². The SMILES string of the molecule is CCCNc1cc(C)nc2c(Cl)ccc(Br)c12. The molecule has 17 heavy (non-hydrogen) atoms. The number of halogens is 2. The Morgan fingerprint density at radius 1 is 1.41 bits per heavy atom. The van der Waals surface area contributed by atoms with Crippen LogP contribution in [-0.4, -0.2) is 11.5 Å². The molecule has 0 amide bonds. The van der Waals surface area contributed by atoms with E-state index in [2.05, 4.69) is 39.2 Å². The van der Waals surface area contributed by atoms with Crippen molar-refractivity contribution in [2.24, 2.45) is 0 Å². The Hall–Kier alpha value is -0.800. The van der Waals surface area contributed by atoms with E-state index in [-0.39, 0.29) is 0 Å². The van der Waals surface area contributed by atoms with Crippen molar-refractivity contribution in [3.05, 3.63) is 33.4 Å². The van der Waals surface area contributed by atoms with Gasteiger partial charge in [0, 0.05) is 27.8 Å². The van der Waals surface area contributed by atoms with E-state index in [4.69, 9.17) is 11.6 Å². The molecule has 0 saturated heterocycles. The number of nitrogens with zero attached hydrogens (tertiary/aromatic N) is 1. The lowest BCUT2D eigenvalue weighted by molar-refractivity contribution is 0.980. The Bertz CT molecular complexity index is 555. The monoisotopic (exact) mass is 312 g/mol. The molecule has 1 aromatic carbocycles. The predicted octanol–water partition coefficient (Wildman–Crippen LogP) is 4.78. The molecule has 0 aliphatic heterocycles. The molecular formula is C13H14BrClN2. The summed E-state index contributed by atoms with van der Waals surface area (Å²) in [7, 11) is 0. The average Bonchev–Trinajstić information content (AvgIpc) is 2.30. The van der Waals surface area contributed by atoms with E-state index in [1.54, 1.807) is 0 Å². The maximum absolute atomic E-state index is 6.20. The standard InChI is InChI=1S/C13H14BrClN2/c1-3-6-16-11-7-8(2)17-13-10(15)5-4-9(14)12(11)13/h4-5,7H,3,6H2,1-2H3,(H,16,17). The third-order valence-electron chi connectivity index (χ3n) is 2.55. The largest absolute Gasteiger partial charge is 0.384 e. The van der Waals surface area contributed by atoms with Crippen molar-refractivity contribution in [2.75, 3.05) is 11.9 Å². The fourth-order valence-corrected chi connectivity index (χ4v) is 2.53. The van der Waals surface area contributed by atoms with Crippen molar-refractivity contribution in [2.45, 2.75) is 20.3 Å². The maximum atomic E-state index is 6.20. The number of pyridine rings is 1. The second-order valence-corrected chi connectivity index (χ2v) is 5.25. The Kier molecular flexibility index (Phi) is 3.89. The molecule has 0 atom stereocenters. The summed E-state index contributed by atoms with van der Waals surface area (Å²) in [5, 5.41) is 5.16. The van der Waals surface area contributed by atoms with Crippen LogP contribution in [0.1, 0.15) is 19.0 Å². The highest BCUT2D eigenvalue weighted by Crippen LogP contribution is 2.34. The van der Waals surface area contributed by atoms with Crippen molar-refractivity contribution < 1.29 is 0 Å². The summed E-state index contributed by atoms with van der Waals surface area (Å²) in [5.41, 5.74) is 2.90. The number of aryl methyl sites for hydroxylation is 1. The topological polar surface area (TPSA) is 24.9 Å². The molecule has 0 aliphatic carbocycles. The molecule has 0 radical (unpaired) electrons. The van der Waals surface area contributed by atoms with Crippen molar-refractivity contribution in [1.82, 2.24) is 4.98 Å². The van der Waals surface area contributed by atoms with E-state index in [0.29, 0.717) is 5.02 Å². The second-order valence-electron chi connectivity index (χ2n) is 3.99. The van der Waals surface area contributed by atoms with E-state index >= 15 is 0 Å². The Morgan fingerprint density at radius 3 is 2.88 bits per heavy atom. The predicted molar refractivity (Wildman–Crippen MR) is 78.0 cm³/mol. The summed E-state index contributed by atoms with van der Waals surface area (Å²) < 4.78 is 1.02. The fourth-order valence-electron chi connectivity index (χ4n) is 1.80. The van der Waals surface area contributed by atoms with Crippen molar-refractivity contribution in [3.63, 3.8) is 0 Å². The van der Waals surface area contributed by atoms with Gasteiger partial charge in [-0.15, -0.1) is 0 Å². The highest BCUT2D eigenvalue weighted by molar-refractivity contribution is 9.10. The molecule has 2 rings (SSSR count). The summed E-state index contributed by atoms with van der Waals surface area (Å²) in [6.45, 7) is 5.07. The Balaban J connectivity index is 2.68. The smallest absolute Gasteiger partial charge is 0.0923 e. The van der Waals surface area contributed by atoms with Crippen LogP contribution in [-0.2, 0) is 0 Å². The van der Waals surface area contributed by atoms with Gasteiger partial charge >= 0.3 is 0 Å². The normalized spacial score (nSPS) is 10.8. The number of aromatic nitrogens is 1. The van der Waals surface area contributed by atoms with Gasteiger partial charge in [-0.2, -0.15) is 0 Å². The van der Waals surface area contributed by atoms with Crippen LogP contribution in [0, 0.1) is 6.92 Å². The number of rotatable bonds is 3. The zero-order valence-corrected chi connectivity index (χ0v) is 12.2. The number of benzene rings is 1. The minimum absolute atomic E-state index is 0.687. The molecule has 0 unspecified atom stereocenters. The van der Waals surface area contributed by atoms with Gasteiger partial charge in [0.05, 0.1) is 10.5 Å². The highest BCUT2D eigenvalue weighted by Gasteiger charge is 2.10. The lowest BCUT2D eigenvalue weighted by Crippen LogP contribution is -2.02. The first-order valence-corrected chi connectivity index (χ1v) is 6.79. The lowest BCUT2D eigenvalue weighted by Gasteiger charge is -2.12. The van der Waals surface area contributed by atoms with Gasteiger partial charge in [0.2, 0.25) is 0 Å². The first-order valence-electron chi connectivity index (χ1n) is 5.62. The minimum atomic E-state index is 0.687. The van der Waals surface area contributed by atoms with E-state index in [9.17, 15) is 0 Å². The third-order valence-corrected chi connectivity index (χ3v) is 3.52. The zero-order valence-electron chi connectivity index (χ0n) is 9.85. The molecule has 0 bridgehead atoms. The van der Waals surface area contributed by atoms with Crippen LogP contribution < -0.4 is 5.32 Å². The quantitative estimate of drug-likeness (QED) is 0.882. The summed E-state index contributed by atoms with van der Waals surface area (Å²) in [6.07, 6.45) is 1.08. The van der Waals surface area contributed by atoms with E-state index < -0.39 is 0 Å². The molecule has 1 heterocycles. The van der Waals surface area contributed by atoms with Crippen LogP contribution in [0.5, 0.6) is 0 Å². The van der Waals surface area contributed by atoms with Crippen LogP contribution in [0.2, 0.25) is 5.02 Å². The van der Waals surface area contributed by atoms with Crippen molar-refractivity contribution in [1.29, 1.82) is 0 Å². The summed E-state index contributed by atoms with van der Waals surface area (Å²) in [5.74, 6) is 0. The first-order chi connectivity index (χ1) is 8.13. The number of hydrogen-bond donors (Lipinski definition) is 1. The van der Waals surface area contributed by atoms with Gasteiger partial charge in [0.15, 0.2) is 0 Å². The van der Waals surface area contributed by atoms with Crippen LogP contribution in [0.15, 0.2) is 22.7 Å². The van der Waals surface area contributed by atoms with E-state index in [1.165, 1.54) is 0 Å². The molecule has 0 saturated carbocycles. The summed E-state index contributed by atoms with van der Waals surface area (Å²) >= 11 is 9.76. The minimum Gasteiger partial charge on any atom is -0.384 e. The lowest BCUT2D eigenvalue weighted by atomic mass is 10.1. The molecule has 0 aliphatic rings. The molecule has 4 heteroatoms. The Morgan fingerprint density at radius 2 is 2.18 bits per heavy atom. The van der Waals surface area contributed by atoms with Gasteiger partial charge in [0.1, 0.15) is 0 Å². The molecule has 2 aromatic rings. The van der Waals surface area contributed by atoms with Crippen LogP contribution in [0.25, 0.3) is 10.9 Å². The molecule has 1 N–H and O–H groups in total. The van der Waals surface area contributed by atoms with Crippen molar-refractivity contribution in [3.8, 4) is 0 Å². The number of anilines is 1. The highest BCUT2D eigenvalue weighted by atomic mass is 79.9. The van der Waals surface area contributed by atoms with E-state index in [1.807, 2.05) is 19.1 Å². The molecule has 0 spiro atoms. The van der Waals surface area contributed by atoms with E-state index in [0.717, 1.165) is 39.7 Å². The van der Waals surface area contributed by atoms with Gasteiger partial charge in [0.25, 0.3) is 0 Å². The molecule has 0 fully saturated rings. The van der Waals surface area contributed by atoms with Gasteiger partial charge in [-0.3, -0.25) is 4.98 Å². The van der Waals surface area contributed by atoms with Gasteiger partial charge in [-0.25, -0.2) is 0 Å². The molecule has 90 valence electrons. The zero-order chi connectivity index (χ0) is 12.4. The molecule has 1 aromatic heterocycles. The first kappa shape index (κ1) is 12.7. The molecular weight excluding hydrogens is 300 g/mol. The Labute approximate surface area is 115 Å². The maximum Gasteiger partial charge on any atom is 0.0923 e. The second kappa shape index (κ2) is 5.23. The summed E-state index contributed by atoms with van der Waals surface area (Å²) in [4.78, 5) is 4.50. The van der Waals surface area contributed by atoms with Gasteiger partial charge in [-0.05, 0) is 31.5 Å². The molecule has 2 nitrogen and oxygen atoms in total. The third kappa shape index (κ3) is 2.55. The number of hydrogen-bond acceptors (Lipinski definition) is 2. The van der Waals surface area contributed by atoms with Crippen LogP contribution in [0.3, 0.4) is 0 Å². The van der Waals surface area contributed by atoms with Gasteiger partial charge < -0.3 is 5.32 Å². The average molecular weight is 314 g/mol. The van der Waals surface area contributed by atoms with Crippen molar-refractivity contribution >= 4 is 44.1 Å². The fraction of sp³-hybridized carbons (Fsp3) is 0.308. The van der Waals surface area contributed by atoms with Crippen LogP contribution >= 0.6 is 27.5 Å².